The summed E-state index contributed by atoms with van der Waals surface area (Å²) in [5.74, 6) is 2.74. The van der Waals surface area contributed by atoms with Gasteiger partial charge in [-0.3, -0.25) is 0 Å². The lowest BCUT2D eigenvalue weighted by molar-refractivity contribution is 0.463. The van der Waals surface area contributed by atoms with Gasteiger partial charge in [0.15, 0.2) is 0 Å². The number of fused-ring (bicyclic) bond motifs is 3. The van der Waals surface area contributed by atoms with Crippen LogP contribution < -0.4 is 0 Å². The Bertz CT molecular complexity index is 1410. The molecular weight excluding hydrogens is 460 g/mol. The van der Waals surface area contributed by atoms with E-state index in [2.05, 4.69) is 22.3 Å². The van der Waals surface area contributed by atoms with E-state index < -0.39 is 0 Å². The molecule has 0 aliphatic heterocycles. The Morgan fingerprint density at radius 3 is 2.81 bits per heavy atom. The number of hydrogen-bond donors (Lipinski definition) is 0. The topological polar surface area (TPSA) is 77.8 Å². The Kier molecular flexibility index (Phi) is 5.24. The Morgan fingerprint density at radius 1 is 1.06 bits per heavy atom. The first-order valence-corrected chi connectivity index (χ1v) is 12.9. The van der Waals surface area contributed by atoms with Gasteiger partial charge in [-0.05, 0) is 61.7 Å². The van der Waals surface area contributed by atoms with Crippen LogP contribution in [0, 0.1) is 6.92 Å². The zero-order valence-electron chi connectivity index (χ0n) is 17.2. The van der Waals surface area contributed by atoms with Crippen LogP contribution >= 0.6 is 34.9 Å². The molecule has 0 saturated heterocycles. The van der Waals surface area contributed by atoms with Gasteiger partial charge in [-0.25, -0.2) is 9.97 Å². The minimum Gasteiger partial charge on any atom is -0.469 e. The Labute approximate surface area is 196 Å². The molecule has 0 spiro atoms. The fourth-order valence-corrected chi connectivity index (χ4v) is 6.82. The van der Waals surface area contributed by atoms with Crippen molar-refractivity contribution in [2.45, 2.75) is 47.1 Å². The molecule has 160 valence electrons. The normalized spacial score (nSPS) is 13.2. The smallest absolute Gasteiger partial charge is 0.283 e. The van der Waals surface area contributed by atoms with Crippen LogP contribution in [-0.2, 0) is 18.6 Å². The Hall–Kier alpha value is -2.62. The molecule has 0 saturated carbocycles. The lowest BCUT2D eigenvalue weighted by Gasteiger charge is -2.06. The second-order valence-electron chi connectivity index (χ2n) is 7.45. The summed E-state index contributed by atoms with van der Waals surface area (Å²) in [6.07, 6.45) is 5.02. The summed E-state index contributed by atoms with van der Waals surface area (Å²) in [6, 6.07) is 12.2. The van der Waals surface area contributed by atoms with E-state index in [9.17, 15) is 0 Å². The van der Waals surface area contributed by atoms with Gasteiger partial charge in [0.1, 0.15) is 21.4 Å². The minimum atomic E-state index is 0.458. The average Bonchev–Trinajstić information content (AvgIpc) is 3.57. The van der Waals surface area contributed by atoms with Crippen molar-refractivity contribution in [3.8, 4) is 11.5 Å². The summed E-state index contributed by atoms with van der Waals surface area (Å²) < 4.78 is 11.3. The predicted octanol–water partition coefficient (Wildman–Crippen LogP) is 6.57. The van der Waals surface area contributed by atoms with Gasteiger partial charge in [0.25, 0.3) is 11.1 Å². The van der Waals surface area contributed by atoms with Gasteiger partial charge in [0, 0.05) is 15.2 Å². The quantitative estimate of drug-likeness (QED) is 0.200. The van der Waals surface area contributed by atoms with E-state index in [0.717, 1.165) is 45.2 Å². The lowest BCUT2D eigenvalue weighted by atomic mass is 10.2. The van der Waals surface area contributed by atoms with E-state index in [1.54, 1.807) is 29.4 Å². The van der Waals surface area contributed by atoms with Crippen molar-refractivity contribution < 1.29 is 8.83 Å². The van der Waals surface area contributed by atoms with Gasteiger partial charge in [-0.15, -0.1) is 33.3 Å². The average molecular weight is 479 g/mol. The maximum absolute atomic E-state index is 5.95. The van der Waals surface area contributed by atoms with Crippen molar-refractivity contribution in [3.05, 3.63) is 64.7 Å². The molecule has 0 bridgehead atoms. The molecule has 6 rings (SSSR count). The third kappa shape index (κ3) is 3.74. The molecule has 1 aliphatic carbocycles. The number of thioether (sulfide) groups is 1. The van der Waals surface area contributed by atoms with Crippen molar-refractivity contribution in [1.29, 1.82) is 0 Å². The number of hydrogen-bond acceptors (Lipinski definition) is 9. The third-order valence-electron chi connectivity index (χ3n) is 5.37. The number of aryl methyl sites for hydroxylation is 3. The largest absolute Gasteiger partial charge is 0.469 e. The van der Waals surface area contributed by atoms with E-state index >= 15 is 0 Å². The number of furan rings is 1. The molecule has 4 aromatic heterocycles. The number of nitrogens with zero attached hydrogens (tertiary/aromatic N) is 4. The van der Waals surface area contributed by atoms with Crippen LogP contribution in [-0.4, -0.2) is 20.2 Å². The van der Waals surface area contributed by atoms with Crippen molar-refractivity contribution in [2.75, 3.05) is 0 Å². The van der Waals surface area contributed by atoms with Crippen LogP contribution in [0.25, 0.3) is 21.7 Å². The zero-order chi connectivity index (χ0) is 21.5. The molecular formula is C23H18N4O2S3. The van der Waals surface area contributed by atoms with Crippen LogP contribution in [0.5, 0.6) is 0 Å². The van der Waals surface area contributed by atoms with Crippen molar-refractivity contribution in [1.82, 2.24) is 20.2 Å². The van der Waals surface area contributed by atoms with Crippen LogP contribution in [0.1, 0.15) is 28.4 Å². The number of aromatic nitrogens is 4. The molecule has 0 atom stereocenters. The number of benzene rings is 1. The van der Waals surface area contributed by atoms with Crippen LogP contribution in [0.2, 0.25) is 0 Å². The molecule has 5 aromatic rings. The molecule has 6 nitrogen and oxygen atoms in total. The molecule has 32 heavy (non-hydrogen) atoms. The molecule has 0 unspecified atom stereocenters. The van der Waals surface area contributed by atoms with Gasteiger partial charge in [0.05, 0.1) is 17.6 Å². The van der Waals surface area contributed by atoms with E-state index in [1.165, 1.54) is 33.5 Å². The van der Waals surface area contributed by atoms with Gasteiger partial charge < -0.3 is 8.83 Å². The van der Waals surface area contributed by atoms with Gasteiger partial charge in [0.2, 0.25) is 0 Å². The second-order valence-corrected chi connectivity index (χ2v) is 10.5. The van der Waals surface area contributed by atoms with Gasteiger partial charge >= 0.3 is 0 Å². The minimum absolute atomic E-state index is 0.458. The highest BCUT2D eigenvalue weighted by Crippen LogP contribution is 2.42. The summed E-state index contributed by atoms with van der Waals surface area (Å²) in [4.78, 5) is 13.5. The van der Waals surface area contributed by atoms with Gasteiger partial charge in [-0.2, -0.15) is 0 Å². The SMILES string of the molecule is Cc1occc1-c1nnc(Sc2nc(CSc3ccccc3)nc3sc4c(c23)CCC4)o1. The summed E-state index contributed by atoms with van der Waals surface area (Å²) in [5, 5.41) is 11.0. The summed E-state index contributed by atoms with van der Waals surface area (Å²) in [5.41, 5.74) is 2.20. The lowest BCUT2D eigenvalue weighted by Crippen LogP contribution is -1.96. The van der Waals surface area contributed by atoms with Crippen LogP contribution in [0.4, 0.5) is 0 Å². The summed E-state index contributed by atoms with van der Waals surface area (Å²) in [6.45, 7) is 1.88. The number of rotatable bonds is 6. The second kappa shape index (κ2) is 8.38. The first kappa shape index (κ1) is 20.0. The monoisotopic (exact) mass is 478 g/mol. The molecule has 0 fully saturated rings. The Balaban J connectivity index is 1.35. The van der Waals surface area contributed by atoms with Crippen molar-refractivity contribution >= 4 is 45.1 Å². The van der Waals surface area contributed by atoms with Gasteiger partial charge in [-0.1, -0.05) is 18.2 Å². The van der Waals surface area contributed by atoms with E-state index in [0.29, 0.717) is 16.9 Å². The summed E-state index contributed by atoms with van der Waals surface area (Å²) >= 11 is 4.96. The number of thiophene rings is 1. The Morgan fingerprint density at radius 2 is 1.97 bits per heavy atom. The predicted molar refractivity (Wildman–Crippen MR) is 126 cm³/mol. The molecule has 1 aromatic carbocycles. The maximum atomic E-state index is 5.95. The third-order valence-corrected chi connectivity index (χ3v) is 8.39. The first-order valence-electron chi connectivity index (χ1n) is 10.3. The standard InChI is InChI=1S/C23H18N4O2S3/c1-13-15(10-11-28-13)20-26-27-23(29-20)32-22-19-16-8-5-9-17(16)31-21(19)24-18(25-22)12-30-14-6-3-2-4-7-14/h2-4,6-7,10-11H,5,8-9,12H2,1H3. The maximum Gasteiger partial charge on any atom is 0.283 e. The first-order chi connectivity index (χ1) is 15.7. The van der Waals surface area contributed by atoms with Crippen molar-refractivity contribution in [2.24, 2.45) is 0 Å². The van der Waals surface area contributed by atoms with E-state index in [4.69, 9.17) is 18.8 Å². The fourth-order valence-electron chi connectivity index (χ4n) is 3.86. The molecule has 9 heteroatoms. The van der Waals surface area contributed by atoms with Crippen LogP contribution in [0.15, 0.2) is 66.6 Å². The highest BCUT2D eigenvalue weighted by Gasteiger charge is 2.24. The highest BCUT2D eigenvalue weighted by atomic mass is 32.2. The molecule has 0 radical (unpaired) electrons. The highest BCUT2D eigenvalue weighted by molar-refractivity contribution is 7.99. The van der Waals surface area contributed by atoms with Crippen molar-refractivity contribution in [3.63, 3.8) is 0 Å². The molecule has 0 amide bonds. The zero-order valence-corrected chi connectivity index (χ0v) is 19.6. The summed E-state index contributed by atoms with van der Waals surface area (Å²) in [7, 11) is 0. The van der Waals surface area contributed by atoms with E-state index in [1.807, 2.05) is 31.2 Å². The molecule has 0 N–H and O–H groups in total. The van der Waals surface area contributed by atoms with E-state index in [-0.39, 0.29) is 0 Å². The van der Waals surface area contributed by atoms with Crippen LogP contribution in [0.3, 0.4) is 0 Å². The fraction of sp³-hybridized carbons (Fsp3) is 0.217. The molecule has 4 heterocycles. The molecule has 1 aliphatic rings.